The van der Waals surface area contributed by atoms with E-state index in [1.165, 1.54) is 16.3 Å². The number of hydrogen-bond acceptors (Lipinski definition) is 1. The summed E-state index contributed by atoms with van der Waals surface area (Å²) < 4.78 is 2.03. The summed E-state index contributed by atoms with van der Waals surface area (Å²) in [6, 6.07) is 8.42. The fraction of sp³-hybridized carbons (Fsp3) is 0.154. The molecule has 1 aromatic carbocycles. The Bertz CT molecular complexity index is 529. The van der Waals surface area contributed by atoms with Gasteiger partial charge in [-0.15, -0.1) is 0 Å². The summed E-state index contributed by atoms with van der Waals surface area (Å²) >= 11 is 2.24. The van der Waals surface area contributed by atoms with Gasteiger partial charge in [0, 0.05) is 22.3 Å². The minimum atomic E-state index is 1.10. The maximum atomic E-state index is 4.57. The number of rotatable bonds is 1. The molecule has 0 aliphatic carbocycles. The van der Waals surface area contributed by atoms with Gasteiger partial charge >= 0.3 is 0 Å². The molecule has 15 heavy (non-hydrogen) atoms. The lowest BCUT2D eigenvalue weighted by atomic mass is 10.0. The van der Waals surface area contributed by atoms with Crippen molar-refractivity contribution in [2.24, 2.45) is 0 Å². The van der Waals surface area contributed by atoms with Crippen molar-refractivity contribution in [3.05, 3.63) is 45.3 Å². The monoisotopic (exact) mass is 309 g/mol. The fourth-order valence-electron chi connectivity index (χ4n) is 1.87. The quantitative estimate of drug-likeness (QED) is 0.717. The second-order valence-corrected chi connectivity index (χ2v) is 4.25. The summed E-state index contributed by atoms with van der Waals surface area (Å²) in [7, 11) is 0. The molecule has 1 nitrogen and oxygen atoms in total. The Labute approximate surface area is 103 Å². The van der Waals surface area contributed by atoms with Crippen molar-refractivity contribution in [1.29, 1.82) is 0 Å². The molecule has 0 aliphatic heterocycles. The van der Waals surface area contributed by atoms with E-state index in [-0.39, 0.29) is 0 Å². The van der Waals surface area contributed by atoms with Crippen LogP contribution in [0.4, 0.5) is 0 Å². The average molecular weight is 309 g/mol. The second kappa shape index (κ2) is 4.31. The van der Waals surface area contributed by atoms with Gasteiger partial charge in [0.15, 0.2) is 0 Å². The Morgan fingerprint density at radius 2 is 1.73 bits per heavy atom. The van der Waals surface area contributed by atoms with Gasteiger partial charge in [-0.3, -0.25) is 4.98 Å². The molecule has 0 aliphatic rings. The van der Waals surface area contributed by atoms with Crippen molar-refractivity contribution >= 4 is 39.4 Å². The largest absolute Gasteiger partial charge is 0.257 e. The lowest BCUT2D eigenvalue weighted by Gasteiger charge is -2.08. The maximum absolute atomic E-state index is 4.57. The van der Waals surface area contributed by atoms with Gasteiger partial charge in [-0.05, 0) is 29.4 Å². The van der Waals surface area contributed by atoms with E-state index < -0.39 is 0 Å². The molecule has 2 rings (SSSR count). The average Bonchev–Trinajstić information content (AvgIpc) is 2.24. The molecule has 0 N–H and O–H groups in total. The number of pyridine rings is 1. The molecule has 1 aromatic heterocycles. The van der Waals surface area contributed by atoms with Crippen molar-refractivity contribution in [2.45, 2.75) is 13.8 Å². The number of benzene rings is 1. The summed E-state index contributed by atoms with van der Waals surface area (Å²) in [5.41, 5.74) is 3.43. The number of nitrogens with zero attached hydrogens (tertiary/aromatic N) is 1. The highest BCUT2D eigenvalue weighted by molar-refractivity contribution is 14.1. The van der Waals surface area contributed by atoms with Crippen molar-refractivity contribution < 1.29 is 0 Å². The van der Waals surface area contributed by atoms with Crippen LogP contribution >= 0.6 is 22.6 Å². The zero-order valence-corrected chi connectivity index (χ0v) is 10.9. The van der Waals surface area contributed by atoms with Gasteiger partial charge in [0.1, 0.15) is 0 Å². The Morgan fingerprint density at radius 1 is 1.07 bits per heavy atom. The molecule has 2 aromatic rings. The number of hydrogen-bond donors (Lipinski definition) is 0. The Balaban J connectivity index is 2.89. The van der Waals surface area contributed by atoms with Gasteiger partial charge in [-0.2, -0.15) is 0 Å². The first-order valence-electron chi connectivity index (χ1n) is 4.86. The first-order valence-corrected chi connectivity index (χ1v) is 6.11. The topological polar surface area (TPSA) is 12.9 Å². The summed E-state index contributed by atoms with van der Waals surface area (Å²) in [5, 5.41) is 2.53. The van der Waals surface area contributed by atoms with Gasteiger partial charge in [0.2, 0.25) is 0 Å². The third-order valence-electron chi connectivity index (χ3n) is 2.56. The number of aromatic nitrogens is 1. The van der Waals surface area contributed by atoms with Crippen LogP contribution in [0.3, 0.4) is 0 Å². The van der Waals surface area contributed by atoms with Crippen molar-refractivity contribution in [3.63, 3.8) is 0 Å². The lowest BCUT2D eigenvalue weighted by Crippen LogP contribution is -1.93. The first-order chi connectivity index (χ1) is 7.24. The predicted molar refractivity (Wildman–Crippen MR) is 74.3 cm³/mol. The summed E-state index contributed by atoms with van der Waals surface area (Å²) in [6.45, 7) is 4.12. The van der Waals surface area contributed by atoms with Crippen LogP contribution in [0.25, 0.3) is 16.8 Å². The van der Waals surface area contributed by atoms with E-state index in [9.17, 15) is 0 Å². The highest BCUT2D eigenvalue weighted by Gasteiger charge is 2.05. The summed E-state index contributed by atoms with van der Waals surface area (Å²) in [6.07, 6.45) is 2.12. The summed E-state index contributed by atoms with van der Waals surface area (Å²) in [4.78, 5) is 4.57. The van der Waals surface area contributed by atoms with Crippen LogP contribution in [0.5, 0.6) is 0 Å². The Morgan fingerprint density at radius 3 is 2.40 bits per heavy atom. The molecule has 0 fully saturated rings. The van der Waals surface area contributed by atoms with Gasteiger partial charge < -0.3 is 0 Å². The van der Waals surface area contributed by atoms with Crippen LogP contribution in [-0.2, 0) is 0 Å². The first kappa shape index (κ1) is 10.6. The zero-order valence-electron chi connectivity index (χ0n) is 8.79. The molecular formula is C13H12IN. The normalized spacial score (nSPS) is 11.4. The van der Waals surface area contributed by atoms with E-state index in [1.54, 1.807) is 0 Å². The van der Waals surface area contributed by atoms with Gasteiger partial charge in [0.05, 0.1) is 0 Å². The van der Waals surface area contributed by atoms with E-state index in [0.29, 0.717) is 0 Å². The molecule has 0 atom stereocenters. The van der Waals surface area contributed by atoms with Crippen molar-refractivity contribution in [3.8, 4) is 0 Å². The molecule has 0 spiro atoms. The number of aryl methyl sites for hydroxylation is 2. The van der Waals surface area contributed by atoms with Crippen molar-refractivity contribution in [1.82, 2.24) is 4.98 Å². The third-order valence-corrected chi connectivity index (χ3v) is 2.92. The number of halogens is 1. The lowest BCUT2D eigenvalue weighted by molar-refractivity contribution is 1.14. The van der Waals surface area contributed by atoms with E-state index in [4.69, 9.17) is 0 Å². The third kappa shape index (κ3) is 1.91. The van der Waals surface area contributed by atoms with Crippen LogP contribution in [0.1, 0.15) is 17.0 Å². The molecule has 0 unspecified atom stereocenters. The van der Waals surface area contributed by atoms with E-state index in [0.717, 1.165) is 11.4 Å². The van der Waals surface area contributed by atoms with Gasteiger partial charge in [-0.1, -0.05) is 46.9 Å². The van der Waals surface area contributed by atoms with Gasteiger partial charge in [0.25, 0.3) is 0 Å². The Hall–Kier alpha value is -0.900. The van der Waals surface area contributed by atoms with Crippen molar-refractivity contribution in [2.75, 3.05) is 0 Å². The fourth-order valence-corrected chi connectivity index (χ4v) is 2.23. The second-order valence-electron chi connectivity index (χ2n) is 3.53. The smallest absolute Gasteiger partial charge is 0.0454 e. The predicted octanol–water partition coefficient (Wildman–Crippen LogP) is 4.26. The molecule has 0 saturated carbocycles. The van der Waals surface area contributed by atoms with Crippen LogP contribution in [0.2, 0.25) is 0 Å². The number of fused-ring (bicyclic) bond motifs is 1. The van der Waals surface area contributed by atoms with Gasteiger partial charge in [-0.25, -0.2) is 0 Å². The Kier molecular flexibility index (Phi) is 3.05. The molecule has 0 radical (unpaired) electrons. The standard InChI is InChI=1S/C13H12IN/c1-9-11-5-3-4-6-13(11)12(7-8-14)10(2)15-9/h3-8H,1-2H3/b8-7+. The van der Waals surface area contributed by atoms with E-state index in [1.807, 2.05) is 4.08 Å². The maximum Gasteiger partial charge on any atom is 0.0454 e. The molecule has 1 heterocycles. The van der Waals surface area contributed by atoms with E-state index in [2.05, 4.69) is 71.8 Å². The molecule has 0 saturated heterocycles. The molecule has 2 heteroatoms. The van der Waals surface area contributed by atoms with Crippen LogP contribution < -0.4 is 0 Å². The van der Waals surface area contributed by atoms with E-state index >= 15 is 0 Å². The zero-order chi connectivity index (χ0) is 10.8. The van der Waals surface area contributed by atoms with Crippen LogP contribution in [-0.4, -0.2) is 4.98 Å². The summed E-state index contributed by atoms with van der Waals surface area (Å²) in [5.74, 6) is 0. The molecule has 76 valence electrons. The molecular weight excluding hydrogens is 297 g/mol. The molecule has 0 amide bonds. The molecule has 0 bridgehead atoms. The highest BCUT2D eigenvalue weighted by atomic mass is 127. The minimum Gasteiger partial charge on any atom is -0.257 e. The minimum absolute atomic E-state index is 1.10. The highest BCUT2D eigenvalue weighted by Crippen LogP contribution is 2.24. The SMILES string of the molecule is Cc1nc(C)c2ccccc2c1/C=C/I. The van der Waals surface area contributed by atoms with Crippen LogP contribution in [0, 0.1) is 13.8 Å². The van der Waals surface area contributed by atoms with Crippen LogP contribution in [0.15, 0.2) is 28.3 Å².